The minimum absolute atomic E-state index is 0.236. The van der Waals surface area contributed by atoms with Crippen LogP contribution in [0.5, 0.6) is 0 Å². The van der Waals surface area contributed by atoms with Crippen molar-refractivity contribution in [1.82, 2.24) is 20.4 Å². The van der Waals surface area contributed by atoms with Crippen molar-refractivity contribution in [2.24, 2.45) is 0 Å². The molecule has 1 rings (SSSR count). The number of nitrogens with one attached hydrogen (secondary N) is 2. The van der Waals surface area contributed by atoms with Gasteiger partial charge in [-0.3, -0.25) is 4.68 Å². The highest BCUT2D eigenvalue weighted by Gasteiger charge is 2.21. The fraction of sp³-hybridized carbons (Fsp3) is 0.733. The minimum atomic E-state index is -0.477. The third-order valence-electron chi connectivity index (χ3n) is 2.93. The van der Waals surface area contributed by atoms with E-state index in [2.05, 4.69) is 22.7 Å². The number of aromatic nitrogens is 2. The molecule has 0 radical (unpaired) electrons. The lowest BCUT2D eigenvalue weighted by molar-refractivity contribution is 0.0513. The molecule has 21 heavy (non-hydrogen) atoms. The zero-order valence-corrected chi connectivity index (χ0v) is 14.0. The lowest BCUT2D eigenvalue weighted by Gasteiger charge is -2.28. The summed E-state index contributed by atoms with van der Waals surface area (Å²) in [5.74, 6) is 0. The van der Waals surface area contributed by atoms with Gasteiger partial charge in [-0.25, -0.2) is 4.79 Å². The fourth-order valence-corrected chi connectivity index (χ4v) is 1.79. The lowest BCUT2D eigenvalue weighted by Crippen LogP contribution is -2.49. The Morgan fingerprint density at radius 2 is 2.00 bits per heavy atom. The molecule has 0 unspecified atom stereocenters. The molecule has 0 aliphatic carbocycles. The van der Waals surface area contributed by atoms with Crippen LogP contribution in [0.4, 0.5) is 4.79 Å². The van der Waals surface area contributed by atoms with Gasteiger partial charge in [-0.15, -0.1) is 0 Å². The Balaban J connectivity index is 2.41. The molecule has 0 saturated carbocycles. The van der Waals surface area contributed by atoms with Crippen LogP contribution in [0.15, 0.2) is 12.3 Å². The first-order chi connectivity index (χ1) is 9.63. The summed E-state index contributed by atoms with van der Waals surface area (Å²) in [5, 5.41) is 10.5. The van der Waals surface area contributed by atoms with Crippen molar-refractivity contribution >= 4 is 6.09 Å². The number of aryl methyl sites for hydroxylation is 1. The summed E-state index contributed by atoms with van der Waals surface area (Å²) in [6.07, 6.45) is 1.41. The number of nitrogens with zero attached hydrogens (tertiary/aromatic N) is 2. The van der Waals surface area contributed by atoms with Gasteiger partial charge < -0.3 is 15.4 Å². The molecule has 0 fully saturated rings. The predicted octanol–water partition coefficient (Wildman–Crippen LogP) is 2.30. The van der Waals surface area contributed by atoms with Crippen LogP contribution >= 0.6 is 0 Å². The molecule has 1 aromatic rings. The normalized spacial score (nSPS) is 12.3. The Morgan fingerprint density at radius 3 is 2.57 bits per heavy atom. The summed E-state index contributed by atoms with van der Waals surface area (Å²) in [6, 6.07) is 1.99. The monoisotopic (exact) mass is 296 g/mol. The Hall–Kier alpha value is -1.56. The Morgan fingerprint density at radius 1 is 1.33 bits per heavy atom. The summed E-state index contributed by atoms with van der Waals surface area (Å²) < 4.78 is 7.18. The van der Waals surface area contributed by atoms with Gasteiger partial charge in [0.15, 0.2) is 0 Å². The van der Waals surface area contributed by atoms with Crippen LogP contribution in [-0.2, 0) is 17.8 Å². The molecule has 0 aliphatic heterocycles. The molecule has 0 atom stereocenters. The van der Waals surface area contributed by atoms with Gasteiger partial charge in [-0.05, 0) is 47.6 Å². The molecule has 0 spiro atoms. The molecular weight excluding hydrogens is 268 g/mol. The Bertz CT molecular complexity index is 460. The minimum Gasteiger partial charge on any atom is -0.444 e. The molecular formula is C15H28N4O2. The van der Waals surface area contributed by atoms with Crippen LogP contribution in [0.3, 0.4) is 0 Å². The number of rotatable bonds is 6. The van der Waals surface area contributed by atoms with Crippen molar-refractivity contribution in [2.75, 3.05) is 6.54 Å². The topological polar surface area (TPSA) is 68.2 Å². The van der Waals surface area contributed by atoms with E-state index in [4.69, 9.17) is 4.74 Å². The Labute approximate surface area is 127 Å². The van der Waals surface area contributed by atoms with Gasteiger partial charge in [0.1, 0.15) is 5.60 Å². The van der Waals surface area contributed by atoms with E-state index >= 15 is 0 Å². The maximum Gasteiger partial charge on any atom is 0.407 e. The fourth-order valence-electron chi connectivity index (χ4n) is 1.79. The van der Waals surface area contributed by atoms with Gasteiger partial charge in [-0.2, -0.15) is 5.10 Å². The first-order valence-electron chi connectivity index (χ1n) is 7.35. The van der Waals surface area contributed by atoms with Gasteiger partial charge in [0, 0.05) is 31.4 Å². The molecule has 120 valence electrons. The second-order valence-electron chi connectivity index (χ2n) is 6.73. The quantitative estimate of drug-likeness (QED) is 0.845. The lowest BCUT2D eigenvalue weighted by atomic mass is 10.1. The van der Waals surface area contributed by atoms with E-state index in [1.54, 1.807) is 6.20 Å². The zero-order chi connectivity index (χ0) is 16.1. The van der Waals surface area contributed by atoms with Crippen LogP contribution in [0.25, 0.3) is 0 Å². The van der Waals surface area contributed by atoms with E-state index in [1.165, 1.54) is 0 Å². The van der Waals surface area contributed by atoms with Crippen LogP contribution in [0.2, 0.25) is 0 Å². The van der Waals surface area contributed by atoms with Crippen LogP contribution in [0.1, 0.15) is 47.2 Å². The van der Waals surface area contributed by atoms with E-state index in [1.807, 2.05) is 45.4 Å². The van der Waals surface area contributed by atoms with E-state index in [0.29, 0.717) is 13.1 Å². The van der Waals surface area contributed by atoms with E-state index in [0.717, 1.165) is 12.2 Å². The van der Waals surface area contributed by atoms with E-state index in [9.17, 15) is 4.79 Å². The van der Waals surface area contributed by atoms with Gasteiger partial charge in [-0.1, -0.05) is 0 Å². The summed E-state index contributed by atoms with van der Waals surface area (Å²) in [4.78, 5) is 11.7. The number of hydrogen-bond donors (Lipinski definition) is 2. The van der Waals surface area contributed by atoms with Gasteiger partial charge in [0.25, 0.3) is 0 Å². The maximum atomic E-state index is 11.7. The molecule has 1 amide bonds. The van der Waals surface area contributed by atoms with Crippen molar-refractivity contribution in [3.8, 4) is 0 Å². The van der Waals surface area contributed by atoms with E-state index < -0.39 is 11.7 Å². The van der Waals surface area contributed by atoms with Crippen molar-refractivity contribution in [2.45, 2.75) is 65.8 Å². The second-order valence-corrected chi connectivity index (χ2v) is 6.73. The molecule has 1 heterocycles. The summed E-state index contributed by atoms with van der Waals surface area (Å²) in [5.41, 5.74) is 0.414. The predicted molar refractivity (Wildman–Crippen MR) is 83.1 cm³/mol. The van der Waals surface area contributed by atoms with Crippen LogP contribution in [-0.4, -0.2) is 33.6 Å². The largest absolute Gasteiger partial charge is 0.444 e. The third kappa shape index (κ3) is 6.62. The van der Waals surface area contributed by atoms with Crippen molar-refractivity contribution in [1.29, 1.82) is 0 Å². The average molecular weight is 296 g/mol. The highest BCUT2D eigenvalue weighted by atomic mass is 16.6. The molecule has 0 saturated heterocycles. The maximum absolute atomic E-state index is 11.7. The number of amides is 1. The molecule has 0 aliphatic rings. The molecule has 2 N–H and O–H groups in total. The average Bonchev–Trinajstić information content (AvgIpc) is 2.80. The van der Waals surface area contributed by atoms with E-state index in [-0.39, 0.29) is 5.54 Å². The molecule has 0 bridgehead atoms. The Kier molecular flexibility index (Phi) is 5.78. The van der Waals surface area contributed by atoms with Crippen molar-refractivity contribution in [3.63, 3.8) is 0 Å². The van der Waals surface area contributed by atoms with Crippen molar-refractivity contribution < 1.29 is 9.53 Å². The van der Waals surface area contributed by atoms with Crippen LogP contribution in [0, 0.1) is 0 Å². The number of ether oxygens (including phenoxy) is 1. The number of hydrogen-bond acceptors (Lipinski definition) is 4. The second kappa shape index (κ2) is 6.93. The summed E-state index contributed by atoms with van der Waals surface area (Å²) in [6.45, 7) is 13.7. The standard InChI is InChI=1S/C15H28N4O2/c1-7-19-12(8-9-18-19)10-17-15(5,6)11-16-13(20)21-14(2,3)4/h8-9,17H,7,10-11H2,1-6H3,(H,16,20). The number of carbonyl (C=O) groups excluding carboxylic acids is 1. The van der Waals surface area contributed by atoms with Gasteiger partial charge in [0.2, 0.25) is 0 Å². The van der Waals surface area contributed by atoms with Gasteiger partial charge >= 0.3 is 6.09 Å². The van der Waals surface area contributed by atoms with Crippen LogP contribution < -0.4 is 10.6 Å². The first-order valence-corrected chi connectivity index (χ1v) is 7.35. The zero-order valence-electron chi connectivity index (χ0n) is 14.0. The summed E-state index contributed by atoms with van der Waals surface area (Å²) >= 11 is 0. The molecule has 6 heteroatoms. The smallest absolute Gasteiger partial charge is 0.407 e. The van der Waals surface area contributed by atoms with Crippen molar-refractivity contribution in [3.05, 3.63) is 18.0 Å². The highest BCUT2D eigenvalue weighted by Crippen LogP contribution is 2.08. The highest BCUT2D eigenvalue weighted by molar-refractivity contribution is 5.67. The molecule has 1 aromatic heterocycles. The molecule has 0 aromatic carbocycles. The number of alkyl carbamates (subject to hydrolysis) is 1. The third-order valence-corrected chi connectivity index (χ3v) is 2.93. The number of carbonyl (C=O) groups is 1. The molecule has 6 nitrogen and oxygen atoms in total. The van der Waals surface area contributed by atoms with Gasteiger partial charge in [0.05, 0.1) is 5.69 Å². The first kappa shape index (κ1) is 17.5. The summed E-state index contributed by atoms with van der Waals surface area (Å²) in [7, 11) is 0. The SMILES string of the molecule is CCn1nccc1CNC(C)(C)CNC(=O)OC(C)(C)C.